The van der Waals surface area contributed by atoms with Crippen molar-refractivity contribution < 1.29 is 22.4 Å². The Bertz CT molecular complexity index is 1180. The van der Waals surface area contributed by atoms with E-state index in [1.165, 1.54) is 16.7 Å². The largest absolute Gasteiger partial charge is 0.419 e. The summed E-state index contributed by atoms with van der Waals surface area (Å²) in [7, 11) is 1.62. The molecule has 0 saturated carbocycles. The molecule has 1 aliphatic rings. The second-order valence-corrected chi connectivity index (χ2v) is 8.22. The molecule has 0 radical (unpaired) electrons. The molecule has 1 aliphatic heterocycles. The first-order valence-corrected chi connectivity index (χ1v) is 10.7. The topological polar surface area (TPSA) is 70.7 Å². The third-order valence-corrected chi connectivity index (χ3v) is 5.88. The molecule has 0 bridgehead atoms. The first kappa shape index (κ1) is 23.1. The summed E-state index contributed by atoms with van der Waals surface area (Å²) in [5.41, 5.74) is 1.87. The van der Waals surface area contributed by atoms with Crippen LogP contribution in [0.1, 0.15) is 17.5 Å². The average molecular weight is 462 g/mol. The Kier molecular flexibility index (Phi) is 6.57. The molecule has 1 amide bonds. The highest BCUT2D eigenvalue weighted by atomic mass is 19.4. The minimum absolute atomic E-state index is 0.125. The van der Waals surface area contributed by atoms with E-state index in [2.05, 4.69) is 15.1 Å². The number of carbonyl (C=O) groups excluding carboxylic acids is 1. The van der Waals surface area contributed by atoms with Crippen molar-refractivity contribution in [3.63, 3.8) is 0 Å². The maximum absolute atomic E-state index is 12.7. The number of hydrogen-bond donors (Lipinski definition) is 1. The molecule has 0 unspecified atom stereocenters. The molecule has 2 aromatic carbocycles. The lowest BCUT2D eigenvalue weighted by atomic mass is 10.1. The Labute approximate surface area is 188 Å². The number of oxazole rings is 1. The van der Waals surface area contributed by atoms with Gasteiger partial charge in [-0.2, -0.15) is 13.2 Å². The highest BCUT2D eigenvalue weighted by molar-refractivity contribution is 5.92. The molecule has 0 atom stereocenters. The molecule has 1 fully saturated rings. The number of nitrogens with zero attached hydrogens (tertiary/aromatic N) is 3. The van der Waals surface area contributed by atoms with Crippen LogP contribution in [0.25, 0.3) is 11.1 Å². The fourth-order valence-electron chi connectivity index (χ4n) is 3.92. The van der Waals surface area contributed by atoms with Crippen molar-refractivity contribution in [2.45, 2.75) is 19.1 Å². The number of hydrogen-bond acceptors (Lipinski definition) is 5. The van der Waals surface area contributed by atoms with Crippen LogP contribution in [0, 0.1) is 0 Å². The summed E-state index contributed by atoms with van der Waals surface area (Å²) >= 11 is 0. The Balaban J connectivity index is 1.21. The number of piperazine rings is 1. The van der Waals surface area contributed by atoms with Crippen LogP contribution < -0.4 is 11.1 Å². The van der Waals surface area contributed by atoms with Gasteiger partial charge in [-0.05, 0) is 29.8 Å². The van der Waals surface area contributed by atoms with Gasteiger partial charge < -0.3 is 14.6 Å². The number of aromatic nitrogens is 1. The van der Waals surface area contributed by atoms with E-state index in [0.717, 1.165) is 43.9 Å². The maximum Gasteiger partial charge on any atom is 0.419 e. The van der Waals surface area contributed by atoms with Crippen LogP contribution in [0.2, 0.25) is 0 Å². The molecule has 176 valence electrons. The van der Waals surface area contributed by atoms with E-state index < -0.39 is 17.5 Å². The number of carbonyl (C=O) groups is 1. The van der Waals surface area contributed by atoms with Gasteiger partial charge in [0.1, 0.15) is 0 Å². The summed E-state index contributed by atoms with van der Waals surface area (Å²) in [6, 6.07) is 10.4. The standard InChI is InChI=1S/C23H25F3N4O3/c1-28-19-7-6-18(14-20(19)33-22(28)32)27-21(31)8-9-29-10-12-30(13-11-29)15-16-2-4-17(5-3-16)23(24,25)26/h2-7,14H,8-13,15H2,1H3,(H,27,31). The van der Waals surface area contributed by atoms with Crippen molar-refractivity contribution in [3.05, 3.63) is 64.1 Å². The maximum atomic E-state index is 12.7. The van der Waals surface area contributed by atoms with Gasteiger partial charge in [-0.3, -0.25) is 14.3 Å². The third kappa shape index (κ3) is 5.63. The van der Waals surface area contributed by atoms with Crippen molar-refractivity contribution >= 4 is 22.7 Å². The predicted octanol–water partition coefficient (Wildman–Crippen LogP) is 3.30. The highest BCUT2D eigenvalue weighted by Crippen LogP contribution is 2.29. The second-order valence-electron chi connectivity index (χ2n) is 8.22. The molecular formula is C23H25F3N4O3. The molecule has 7 nitrogen and oxygen atoms in total. The van der Waals surface area contributed by atoms with Gasteiger partial charge in [0, 0.05) is 64.5 Å². The molecule has 1 saturated heterocycles. The third-order valence-electron chi connectivity index (χ3n) is 5.88. The van der Waals surface area contributed by atoms with E-state index in [4.69, 9.17) is 4.42 Å². The lowest BCUT2D eigenvalue weighted by Gasteiger charge is -2.34. The van der Waals surface area contributed by atoms with Gasteiger partial charge in [-0.15, -0.1) is 0 Å². The summed E-state index contributed by atoms with van der Waals surface area (Å²) < 4.78 is 44.6. The number of rotatable bonds is 6. The molecule has 2 heterocycles. The van der Waals surface area contributed by atoms with E-state index in [1.807, 2.05) is 0 Å². The SMILES string of the molecule is Cn1c(=O)oc2cc(NC(=O)CCN3CCN(Cc4ccc(C(F)(F)F)cc4)CC3)ccc21. The van der Waals surface area contributed by atoms with Gasteiger partial charge in [-0.25, -0.2) is 4.79 Å². The number of anilines is 1. The summed E-state index contributed by atoms with van der Waals surface area (Å²) in [6.45, 7) is 4.36. The lowest BCUT2D eigenvalue weighted by molar-refractivity contribution is -0.137. The van der Waals surface area contributed by atoms with Crippen molar-refractivity contribution in [2.75, 3.05) is 38.0 Å². The average Bonchev–Trinajstić information content (AvgIpc) is 3.06. The Hall–Kier alpha value is -3.11. The quantitative estimate of drug-likeness (QED) is 0.609. The number of amides is 1. The molecule has 0 aliphatic carbocycles. The number of fused-ring (bicyclic) bond motifs is 1. The number of nitrogens with one attached hydrogen (secondary N) is 1. The fourth-order valence-corrected chi connectivity index (χ4v) is 3.92. The number of benzene rings is 2. The van der Waals surface area contributed by atoms with Crippen LogP contribution in [-0.2, 0) is 24.6 Å². The van der Waals surface area contributed by atoms with Crippen LogP contribution in [0.3, 0.4) is 0 Å². The minimum Gasteiger partial charge on any atom is -0.408 e. The number of halogens is 3. The monoisotopic (exact) mass is 462 g/mol. The summed E-state index contributed by atoms with van der Waals surface area (Å²) in [5, 5.41) is 2.83. The van der Waals surface area contributed by atoms with E-state index in [1.54, 1.807) is 25.2 Å². The molecular weight excluding hydrogens is 437 g/mol. The molecule has 33 heavy (non-hydrogen) atoms. The van der Waals surface area contributed by atoms with E-state index in [-0.39, 0.29) is 5.91 Å². The highest BCUT2D eigenvalue weighted by Gasteiger charge is 2.30. The lowest BCUT2D eigenvalue weighted by Crippen LogP contribution is -2.46. The predicted molar refractivity (Wildman–Crippen MR) is 118 cm³/mol. The molecule has 0 spiro atoms. The number of aryl methyl sites for hydroxylation is 1. The van der Waals surface area contributed by atoms with Crippen molar-refractivity contribution in [1.29, 1.82) is 0 Å². The van der Waals surface area contributed by atoms with Gasteiger partial charge in [0.05, 0.1) is 11.1 Å². The van der Waals surface area contributed by atoms with Crippen LogP contribution in [0.15, 0.2) is 51.7 Å². The van der Waals surface area contributed by atoms with Crippen LogP contribution in [0.4, 0.5) is 18.9 Å². The smallest absolute Gasteiger partial charge is 0.408 e. The zero-order valence-corrected chi connectivity index (χ0v) is 18.2. The first-order valence-electron chi connectivity index (χ1n) is 10.7. The number of alkyl halides is 3. The normalized spacial score (nSPS) is 15.8. The van der Waals surface area contributed by atoms with Crippen molar-refractivity contribution in [1.82, 2.24) is 14.4 Å². The summed E-state index contributed by atoms with van der Waals surface area (Å²) in [4.78, 5) is 28.3. The zero-order chi connectivity index (χ0) is 23.6. The summed E-state index contributed by atoms with van der Waals surface area (Å²) in [6.07, 6.45) is -3.99. The molecule has 1 aromatic heterocycles. The fraction of sp³-hybridized carbons (Fsp3) is 0.391. The minimum atomic E-state index is -4.32. The Morgan fingerprint density at radius 1 is 1.03 bits per heavy atom. The molecule has 10 heteroatoms. The molecule has 4 rings (SSSR count). The van der Waals surface area contributed by atoms with Gasteiger partial charge in [0.15, 0.2) is 5.58 Å². The second kappa shape index (κ2) is 9.40. The van der Waals surface area contributed by atoms with Crippen LogP contribution in [0.5, 0.6) is 0 Å². The van der Waals surface area contributed by atoms with Crippen LogP contribution in [-0.4, -0.2) is 53.0 Å². The molecule has 3 aromatic rings. The summed E-state index contributed by atoms with van der Waals surface area (Å²) in [5.74, 6) is -0.578. The van der Waals surface area contributed by atoms with E-state index >= 15 is 0 Å². The molecule has 1 N–H and O–H groups in total. The Morgan fingerprint density at radius 2 is 1.70 bits per heavy atom. The first-order chi connectivity index (χ1) is 15.7. The van der Waals surface area contributed by atoms with Crippen LogP contribution >= 0.6 is 0 Å². The van der Waals surface area contributed by atoms with Gasteiger partial charge in [0.2, 0.25) is 5.91 Å². The zero-order valence-electron chi connectivity index (χ0n) is 18.2. The van der Waals surface area contributed by atoms with Gasteiger partial charge in [0.25, 0.3) is 0 Å². The van der Waals surface area contributed by atoms with Gasteiger partial charge >= 0.3 is 11.9 Å². The van der Waals surface area contributed by atoms with E-state index in [0.29, 0.717) is 36.3 Å². The Morgan fingerprint density at radius 3 is 2.36 bits per heavy atom. The van der Waals surface area contributed by atoms with Crippen molar-refractivity contribution in [3.8, 4) is 0 Å². The van der Waals surface area contributed by atoms with E-state index in [9.17, 15) is 22.8 Å². The van der Waals surface area contributed by atoms with Gasteiger partial charge in [-0.1, -0.05) is 12.1 Å². The van der Waals surface area contributed by atoms with Crippen molar-refractivity contribution in [2.24, 2.45) is 7.05 Å².